The summed E-state index contributed by atoms with van der Waals surface area (Å²) in [7, 11) is 0. The molecular weight excluding hydrogens is 350 g/mol. The van der Waals surface area contributed by atoms with E-state index in [1.54, 1.807) is 28.6 Å². The number of rotatable bonds is 9. The molecule has 2 N–H and O–H groups in total. The van der Waals surface area contributed by atoms with Crippen LogP contribution in [0.5, 0.6) is 0 Å². The summed E-state index contributed by atoms with van der Waals surface area (Å²) >= 11 is 1.60. The number of nitrogens with one attached hydrogen (secondary N) is 1. The number of carboxylic acids is 1. The molecule has 8 heteroatoms. The Morgan fingerprint density at radius 2 is 1.88 bits per heavy atom. The summed E-state index contributed by atoms with van der Waals surface area (Å²) in [4.78, 5) is 11.2. The summed E-state index contributed by atoms with van der Waals surface area (Å²) in [5.41, 5.74) is 2.07. The quantitative estimate of drug-likeness (QED) is 0.442. The Balaban J connectivity index is 1.44. The van der Waals surface area contributed by atoms with Crippen LogP contribution in [0.2, 0.25) is 0 Å². The van der Waals surface area contributed by atoms with Crippen molar-refractivity contribution < 1.29 is 9.90 Å². The molecule has 0 aliphatic heterocycles. The number of carboxylic acid groups (broad SMARTS) is 1. The van der Waals surface area contributed by atoms with Crippen molar-refractivity contribution in [3.63, 3.8) is 0 Å². The van der Waals surface area contributed by atoms with E-state index in [-0.39, 0.29) is 0 Å². The van der Waals surface area contributed by atoms with Crippen LogP contribution in [0, 0.1) is 0 Å². The Morgan fingerprint density at radius 3 is 2.69 bits per heavy atom. The monoisotopic (exact) mass is 369 g/mol. The highest BCUT2D eigenvalue weighted by Crippen LogP contribution is 2.18. The van der Waals surface area contributed by atoms with Gasteiger partial charge in [0.25, 0.3) is 0 Å². The second-order valence-electron chi connectivity index (χ2n) is 5.55. The summed E-state index contributed by atoms with van der Waals surface area (Å²) in [6, 6.07) is 16.8. The molecule has 0 aliphatic rings. The van der Waals surface area contributed by atoms with E-state index in [9.17, 15) is 9.90 Å². The zero-order valence-electron chi connectivity index (χ0n) is 14.1. The second kappa shape index (κ2) is 9.12. The lowest BCUT2D eigenvalue weighted by atomic mass is 10.1. The Kier molecular flexibility index (Phi) is 6.34. The van der Waals surface area contributed by atoms with Crippen molar-refractivity contribution in [2.75, 3.05) is 12.3 Å². The van der Waals surface area contributed by atoms with Gasteiger partial charge in [-0.05, 0) is 47.2 Å². The summed E-state index contributed by atoms with van der Waals surface area (Å²) < 4.78 is 1.72. The van der Waals surface area contributed by atoms with Crippen LogP contribution in [0.15, 0.2) is 59.8 Å². The van der Waals surface area contributed by atoms with Crippen molar-refractivity contribution in [1.82, 2.24) is 25.5 Å². The molecule has 0 fully saturated rings. The van der Waals surface area contributed by atoms with Gasteiger partial charge >= 0.3 is 5.97 Å². The van der Waals surface area contributed by atoms with Crippen molar-refractivity contribution >= 4 is 17.7 Å². The number of thioether (sulfide) groups is 1. The summed E-state index contributed by atoms with van der Waals surface area (Å²) in [5, 5.41) is 25.1. The molecular formula is C18H19N5O2S. The first-order chi connectivity index (χ1) is 12.8. The van der Waals surface area contributed by atoms with Crippen molar-refractivity contribution in [3.8, 4) is 5.69 Å². The minimum Gasteiger partial charge on any atom is -0.478 e. The fourth-order valence-electron chi connectivity index (χ4n) is 2.47. The van der Waals surface area contributed by atoms with Gasteiger partial charge in [0.05, 0.1) is 11.3 Å². The predicted molar refractivity (Wildman–Crippen MR) is 99.6 cm³/mol. The Bertz CT molecular complexity index is 854. The van der Waals surface area contributed by atoms with Crippen LogP contribution in [0.4, 0.5) is 0 Å². The molecule has 0 spiro atoms. The van der Waals surface area contributed by atoms with Crippen molar-refractivity contribution in [2.45, 2.75) is 18.1 Å². The molecule has 0 saturated carbocycles. The van der Waals surface area contributed by atoms with Gasteiger partial charge in [-0.3, -0.25) is 0 Å². The highest BCUT2D eigenvalue weighted by atomic mass is 32.2. The summed E-state index contributed by atoms with van der Waals surface area (Å²) in [5.74, 6) is -0.0356. The van der Waals surface area contributed by atoms with Gasteiger partial charge in [0.1, 0.15) is 0 Å². The average molecular weight is 369 g/mol. The number of benzene rings is 2. The topological polar surface area (TPSA) is 92.9 Å². The normalized spacial score (nSPS) is 10.8. The van der Waals surface area contributed by atoms with Crippen LogP contribution in [0.25, 0.3) is 5.69 Å². The maximum Gasteiger partial charge on any atom is 0.336 e. The number of hydrogen-bond donors (Lipinski definition) is 2. The van der Waals surface area contributed by atoms with E-state index >= 15 is 0 Å². The van der Waals surface area contributed by atoms with Crippen molar-refractivity contribution in [1.29, 1.82) is 0 Å². The minimum atomic E-state index is -0.897. The van der Waals surface area contributed by atoms with E-state index in [1.807, 2.05) is 42.5 Å². The van der Waals surface area contributed by atoms with Crippen molar-refractivity contribution in [3.05, 3.63) is 65.7 Å². The molecule has 1 heterocycles. The van der Waals surface area contributed by atoms with Crippen LogP contribution in [0.3, 0.4) is 0 Å². The first kappa shape index (κ1) is 18.1. The Morgan fingerprint density at radius 1 is 1.12 bits per heavy atom. The van der Waals surface area contributed by atoms with Gasteiger partial charge in [-0.1, -0.05) is 48.2 Å². The molecule has 2 aromatic carbocycles. The smallest absolute Gasteiger partial charge is 0.336 e. The van der Waals surface area contributed by atoms with Crippen LogP contribution in [-0.4, -0.2) is 43.6 Å². The van der Waals surface area contributed by atoms with Gasteiger partial charge in [-0.2, -0.15) is 4.68 Å². The van der Waals surface area contributed by atoms with Crippen LogP contribution in [0.1, 0.15) is 22.3 Å². The number of para-hydroxylation sites is 1. The van der Waals surface area contributed by atoms with Gasteiger partial charge in [0.2, 0.25) is 5.16 Å². The lowest BCUT2D eigenvalue weighted by Gasteiger charge is -2.08. The molecule has 3 rings (SSSR count). The van der Waals surface area contributed by atoms with Crippen LogP contribution in [-0.2, 0) is 6.54 Å². The van der Waals surface area contributed by atoms with Gasteiger partial charge in [-0.15, -0.1) is 5.10 Å². The molecule has 0 atom stereocenters. The molecule has 0 aliphatic carbocycles. The first-order valence-corrected chi connectivity index (χ1v) is 9.23. The largest absolute Gasteiger partial charge is 0.478 e. The van der Waals surface area contributed by atoms with E-state index in [1.165, 1.54) is 0 Å². The van der Waals surface area contributed by atoms with E-state index in [2.05, 4.69) is 20.8 Å². The number of aromatic nitrogens is 4. The fourth-order valence-corrected chi connectivity index (χ4v) is 3.30. The second-order valence-corrected chi connectivity index (χ2v) is 6.61. The van der Waals surface area contributed by atoms with Crippen LogP contribution < -0.4 is 5.32 Å². The van der Waals surface area contributed by atoms with Gasteiger partial charge in [-0.25, -0.2) is 4.79 Å². The summed E-state index contributed by atoms with van der Waals surface area (Å²) in [6.07, 6.45) is 0.918. The average Bonchev–Trinajstić information content (AvgIpc) is 3.14. The molecule has 0 amide bonds. The Hall–Kier alpha value is -2.71. The zero-order valence-corrected chi connectivity index (χ0v) is 14.9. The third-order valence-electron chi connectivity index (χ3n) is 3.73. The maximum atomic E-state index is 11.2. The lowest BCUT2D eigenvalue weighted by Crippen LogP contribution is -2.17. The number of tetrazole rings is 1. The zero-order chi connectivity index (χ0) is 18.2. The standard InChI is InChI=1S/C18H19N5O2S/c24-17(25)16-10-5-4-7-14(16)13-19-11-6-12-26-18-20-21-22-23(18)15-8-2-1-3-9-15/h1-5,7-10,19H,6,11-13H2,(H,24,25). The number of aromatic carboxylic acids is 1. The predicted octanol–water partition coefficient (Wildman–Crippen LogP) is 2.63. The van der Waals surface area contributed by atoms with Gasteiger partial charge < -0.3 is 10.4 Å². The lowest BCUT2D eigenvalue weighted by molar-refractivity contribution is 0.0695. The first-order valence-electron chi connectivity index (χ1n) is 8.24. The third kappa shape index (κ3) is 4.68. The molecule has 0 unspecified atom stereocenters. The molecule has 7 nitrogen and oxygen atoms in total. The molecule has 134 valence electrons. The Labute approximate surface area is 155 Å². The number of hydrogen-bond acceptors (Lipinski definition) is 6. The minimum absolute atomic E-state index is 0.344. The molecule has 0 bridgehead atoms. The molecule has 1 aromatic heterocycles. The van der Waals surface area contributed by atoms with Gasteiger partial charge in [0.15, 0.2) is 0 Å². The molecule has 3 aromatic rings. The fraction of sp³-hybridized carbons (Fsp3) is 0.222. The molecule has 0 saturated heterocycles. The highest BCUT2D eigenvalue weighted by Gasteiger charge is 2.09. The molecule has 0 radical (unpaired) electrons. The van der Waals surface area contributed by atoms with Crippen LogP contribution >= 0.6 is 11.8 Å². The van der Waals surface area contributed by atoms with E-state index < -0.39 is 5.97 Å². The van der Waals surface area contributed by atoms with E-state index in [4.69, 9.17) is 0 Å². The maximum absolute atomic E-state index is 11.2. The number of nitrogens with zero attached hydrogens (tertiary/aromatic N) is 4. The number of carbonyl (C=O) groups is 1. The van der Waals surface area contributed by atoms with E-state index in [0.29, 0.717) is 12.1 Å². The highest BCUT2D eigenvalue weighted by molar-refractivity contribution is 7.99. The van der Waals surface area contributed by atoms with Crippen molar-refractivity contribution in [2.24, 2.45) is 0 Å². The SMILES string of the molecule is O=C(O)c1ccccc1CNCCCSc1nnnn1-c1ccccc1. The van der Waals surface area contributed by atoms with Gasteiger partial charge in [0, 0.05) is 12.3 Å². The van der Waals surface area contributed by atoms with E-state index in [0.717, 1.165) is 35.1 Å². The molecule has 26 heavy (non-hydrogen) atoms. The third-order valence-corrected chi connectivity index (χ3v) is 4.74. The summed E-state index contributed by atoms with van der Waals surface area (Å²) in [6.45, 7) is 1.32.